The van der Waals surface area contributed by atoms with Crippen LogP contribution in [-0.2, 0) is 14.6 Å². The highest BCUT2D eigenvalue weighted by Crippen LogP contribution is 2.41. The van der Waals surface area contributed by atoms with E-state index < -0.39 is 14.6 Å². The first-order chi connectivity index (χ1) is 10.5. The van der Waals surface area contributed by atoms with Gasteiger partial charge in [-0.15, -0.1) is 0 Å². The number of rotatable bonds is 4. The first-order valence-electron chi connectivity index (χ1n) is 9.05. The molecular weight excluding hydrogens is 298 g/mol. The number of hydrogen-bond acceptors (Lipinski definition) is 4. The SMILES string of the molecule is CS(=O)(=O)C1(CNC2CCOC23CCCCC3)CCCCC1. The van der Waals surface area contributed by atoms with E-state index in [0.717, 1.165) is 51.6 Å². The monoisotopic (exact) mass is 329 g/mol. The normalized spacial score (nSPS) is 31.4. The second-order valence-electron chi connectivity index (χ2n) is 7.71. The summed E-state index contributed by atoms with van der Waals surface area (Å²) in [6.07, 6.45) is 13.4. The van der Waals surface area contributed by atoms with Crippen LogP contribution in [0.4, 0.5) is 0 Å². The molecule has 0 bridgehead atoms. The molecule has 22 heavy (non-hydrogen) atoms. The van der Waals surface area contributed by atoms with Crippen molar-refractivity contribution in [3.05, 3.63) is 0 Å². The predicted molar refractivity (Wildman–Crippen MR) is 88.8 cm³/mol. The zero-order valence-corrected chi connectivity index (χ0v) is 14.7. The molecule has 0 aromatic rings. The van der Waals surface area contributed by atoms with Crippen LogP contribution < -0.4 is 5.32 Å². The van der Waals surface area contributed by atoms with Crippen LogP contribution in [-0.4, -0.2) is 44.2 Å². The summed E-state index contributed by atoms with van der Waals surface area (Å²) in [5.74, 6) is 0. The van der Waals surface area contributed by atoms with Gasteiger partial charge in [0.05, 0.1) is 10.3 Å². The van der Waals surface area contributed by atoms with Crippen LogP contribution in [0.2, 0.25) is 0 Å². The highest BCUT2D eigenvalue weighted by atomic mass is 32.2. The Balaban J connectivity index is 1.69. The molecule has 2 saturated carbocycles. The van der Waals surface area contributed by atoms with Crippen molar-refractivity contribution in [2.75, 3.05) is 19.4 Å². The molecule has 5 heteroatoms. The van der Waals surface area contributed by atoms with Crippen molar-refractivity contribution in [2.24, 2.45) is 0 Å². The molecule has 1 N–H and O–H groups in total. The molecule has 0 aromatic heterocycles. The maximum atomic E-state index is 12.4. The minimum Gasteiger partial charge on any atom is -0.373 e. The van der Waals surface area contributed by atoms with Gasteiger partial charge in [-0.3, -0.25) is 0 Å². The van der Waals surface area contributed by atoms with E-state index in [2.05, 4.69) is 5.32 Å². The third-order valence-corrected chi connectivity index (χ3v) is 8.48. The first kappa shape index (κ1) is 16.7. The molecule has 4 nitrogen and oxygen atoms in total. The molecule has 2 aliphatic carbocycles. The van der Waals surface area contributed by atoms with Crippen molar-refractivity contribution in [3.8, 4) is 0 Å². The Hall–Kier alpha value is -0.130. The molecule has 3 aliphatic rings. The van der Waals surface area contributed by atoms with Gasteiger partial charge in [0.15, 0.2) is 9.84 Å². The van der Waals surface area contributed by atoms with Crippen LogP contribution in [0.25, 0.3) is 0 Å². The van der Waals surface area contributed by atoms with Crippen molar-refractivity contribution in [1.29, 1.82) is 0 Å². The molecule has 3 fully saturated rings. The summed E-state index contributed by atoms with van der Waals surface area (Å²) in [6.45, 7) is 1.44. The van der Waals surface area contributed by atoms with Crippen molar-refractivity contribution >= 4 is 9.84 Å². The zero-order valence-electron chi connectivity index (χ0n) is 13.9. The average Bonchev–Trinajstić information content (AvgIpc) is 2.88. The first-order valence-corrected chi connectivity index (χ1v) is 10.9. The number of nitrogens with one attached hydrogen (secondary N) is 1. The summed E-state index contributed by atoms with van der Waals surface area (Å²) in [6, 6.07) is 0.341. The van der Waals surface area contributed by atoms with E-state index in [9.17, 15) is 8.42 Å². The highest BCUT2D eigenvalue weighted by molar-refractivity contribution is 7.92. The molecule has 1 unspecified atom stereocenters. The smallest absolute Gasteiger partial charge is 0.154 e. The van der Waals surface area contributed by atoms with Crippen molar-refractivity contribution < 1.29 is 13.2 Å². The second kappa shape index (κ2) is 6.40. The number of ether oxygens (including phenoxy) is 1. The zero-order chi connectivity index (χ0) is 15.7. The van der Waals surface area contributed by atoms with Crippen molar-refractivity contribution in [1.82, 2.24) is 5.32 Å². The number of hydrogen-bond donors (Lipinski definition) is 1. The van der Waals surface area contributed by atoms with Gasteiger partial charge in [-0.05, 0) is 32.1 Å². The lowest BCUT2D eigenvalue weighted by Crippen LogP contribution is -2.55. The lowest BCUT2D eigenvalue weighted by Gasteiger charge is -2.41. The fourth-order valence-electron chi connectivity index (χ4n) is 4.86. The van der Waals surface area contributed by atoms with Gasteiger partial charge in [-0.2, -0.15) is 0 Å². The third-order valence-electron chi connectivity index (χ3n) is 6.35. The molecule has 0 radical (unpaired) electrons. The van der Waals surface area contributed by atoms with Crippen LogP contribution in [0.5, 0.6) is 0 Å². The third kappa shape index (κ3) is 3.09. The molecule has 0 aromatic carbocycles. The van der Waals surface area contributed by atoms with E-state index in [1.54, 1.807) is 0 Å². The van der Waals surface area contributed by atoms with E-state index in [-0.39, 0.29) is 5.60 Å². The molecule has 1 heterocycles. The summed E-state index contributed by atoms with van der Waals surface area (Å²) in [5.41, 5.74) is -0.00832. The molecule has 1 spiro atoms. The standard InChI is InChI=1S/C17H31NO3S/c1-22(19,20)16(9-4-2-5-10-16)14-18-15-8-13-21-17(15)11-6-3-7-12-17/h15,18H,2-14H2,1H3. The predicted octanol–water partition coefficient (Wildman–Crippen LogP) is 2.82. The Morgan fingerprint density at radius 3 is 2.18 bits per heavy atom. The van der Waals surface area contributed by atoms with Crippen molar-refractivity contribution in [3.63, 3.8) is 0 Å². The van der Waals surface area contributed by atoms with E-state index in [4.69, 9.17) is 4.74 Å². The molecule has 0 amide bonds. The summed E-state index contributed by atoms with van der Waals surface area (Å²) in [4.78, 5) is 0. The van der Waals surface area contributed by atoms with Gasteiger partial charge in [0, 0.05) is 25.4 Å². The highest BCUT2D eigenvalue weighted by Gasteiger charge is 2.47. The fourth-order valence-corrected chi connectivity index (χ4v) is 6.23. The lowest BCUT2D eigenvalue weighted by atomic mass is 9.79. The summed E-state index contributed by atoms with van der Waals surface area (Å²) in [5, 5.41) is 3.66. The topological polar surface area (TPSA) is 55.4 Å². The van der Waals surface area contributed by atoms with Gasteiger partial charge in [0.1, 0.15) is 0 Å². The van der Waals surface area contributed by atoms with Gasteiger partial charge >= 0.3 is 0 Å². The van der Waals surface area contributed by atoms with Gasteiger partial charge in [0.25, 0.3) is 0 Å². The molecular formula is C17H31NO3S. The summed E-state index contributed by atoms with van der Waals surface area (Å²) >= 11 is 0. The minimum absolute atomic E-state index is 0.00832. The minimum atomic E-state index is -3.02. The van der Waals surface area contributed by atoms with Gasteiger partial charge < -0.3 is 10.1 Å². The van der Waals surface area contributed by atoms with Gasteiger partial charge in [-0.25, -0.2) is 8.42 Å². The lowest BCUT2D eigenvalue weighted by molar-refractivity contribution is -0.0391. The largest absolute Gasteiger partial charge is 0.373 e. The Kier molecular flexibility index (Phi) is 4.87. The Bertz CT molecular complexity index is 476. The summed E-state index contributed by atoms with van der Waals surface area (Å²) < 4.78 is 30.4. The number of sulfone groups is 1. The molecule has 1 saturated heterocycles. The Morgan fingerprint density at radius 1 is 1.00 bits per heavy atom. The molecule has 3 rings (SSSR count). The van der Waals surface area contributed by atoms with E-state index in [0.29, 0.717) is 12.6 Å². The van der Waals surface area contributed by atoms with E-state index in [1.165, 1.54) is 31.9 Å². The van der Waals surface area contributed by atoms with E-state index >= 15 is 0 Å². The molecule has 1 atom stereocenters. The quantitative estimate of drug-likeness (QED) is 0.862. The van der Waals surface area contributed by atoms with Crippen LogP contribution in [0.3, 0.4) is 0 Å². The van der Waals surface area contributed by atoms with E-state index in [1.807, 2.05) is 0 Å². The summed E-state index contributed by atoms with van der Waals surface area (Å²) in [7, 11) is -3.02. The van der Waals surface area contributed by atoms with Gasteiger partial charge in [0.2, 0.25) is 0 Å². The maximum Gasteiger partial charge on any atom is 0.154 e. The van der Waals surface area contributed by atoms with Crippen LogP contribution >= 0.6 is 0 Å². The maximum absolute atomic E-state index is 12.4. The van der Waals surface area contributed by atoms with Crippen LogP contribution in [0.1, 0.15) is 70.6 Å². The van der Waals surface area contributed by atoms with Crippen LogP contribution in [0, 0.1) is 0 Å². The second-order valence-corrected chi connectivity index (χ2v) is 10.1. The molecule has 128 valence electrons. The van der Waals surface area contributed by atoms with Crippen LogP contribution in [0.15, 0.2) is 0 Å². The van der Waals surface area contributed by atoms with Crippen molar-refractivity contribution in [2.45, 2.75) is 87.0 Å². The average molecular weight is 330 g/mol. The fraction of sp³-hybridized carbons (Fsp3) is 1.00. The Morgan fingerprint density at radius 2 is 1.59 bits per heavy atom. The Labute approximate surface area is 135 Å². The molecule has 1 aliphatic heterocycles. The van der Waals surface area contributed by atoms with Gasteiger partial charge in [-0.1, -0.05) is 38.5 Å².